The first-order valence-electron chi connectivity index (χ1n) is 7.24. The summed E-state index contributed by atoms with van der Waals surface area (Å²) >= 11 is 0. The van der Waals surface area contributed by atoms with Crippen LogP contribution in [0.4, 0.5) is 0 Å². The van der Waals surface area contributed by atoms with Crippen LogP contribution in [0.25, 0.3) is 0 Å². The van der Waals surface area contributed by atoms with E-state index in [-0.39, 0.29) is 5.41 Å². The summed E-state index contributed by atoms with van der Waals surface area (Å²) in [5.41, 5.74) is 0.181. The Bertz CT molecular complexity index is 264. The zero-order valence-electron chi connectivity index (χ0n) is 12.8. The average Bonchev–Trinajstić information content (AvgIpc) is 2.27. The highest BCUT2D eigenvalue weighted by Gasteiger charge is 2.24. The molecule has 0 spiro atoms. The predicted molar refractivity (Wildman–Crippen MR) is 76.5 cm³/mol. The lowest BCUT2D eigenvalue weighted by Crippen LogP contribution is -2.38. The van der Waals surface area contributed by atoms with Crippen molar-refractivity contribution in [2.45, 2.75) is 47.0 Å². The fourth-order valence-electron chi connectivity index (χ4n) is 2.76. The molecule has 1 heterocycles. The van der Waals surface area contributed by atoms with Crippen LogP contribution in [0.3, 0.4) is 0 Å². The molecule has 1 aliphatic rings. The molecule has 0 aromatic rings. The van der Waals surface area contributed by atoms with Gasteiger partial charge in [0.1, 0.15) is 0 Å². The van der Waals surface area contributed by atoms with Crippen molar-refractivity contribution in [3.05, 3.63) is 0 Å². The smallest absolute Gasteiger partial charge is 0.222 e. The van der Waals surface area contributed by atoms with E-state index in [0.29, 0.717) is 24.2 Å². The monoisotopic (exact) mass is 254 g/mol. The van der Waals surface area contributed by atoms with Gasteiger partial charge in [0.15, 0.2) is 0 Å². The first kappa shape index (κ1) is 15.5. The molecule has 3 nitrogen and oxygen atoms in total. The van der Waals surface area contributed by atoms with Gasteiger partial charge in [-0.1, -0.05) is 27.7 Å². The van der Waals surface area contributed by atoms with Gasteiger partial charge in [-0.25, -0.2) is 0 Å². The molecule has 0 saturated carbocycles. The Labute approximate surface area is 112 Å². The Morgan fingerprint density at radius 2 is 2.11 bits per heavy atom. The first-order valence-corrected chi connectivity index (χ1v) is 7.24. The van der Waals surface area contributed by atoms with E-state index in [1.165, 1.54) is 12.8 Å². The van der Waals surface area contributed by atoms with Crippen LogP contribution in [0.1, 0.15) is 47.0 Å². The van der Waals surface area contributed by atoms with Crippen LogP contribution >= 0.6 is 0 Å². The molecule has 0 bridgehead atoms. The summed E-state index contributed by atoms with van der Waals surface area (Å²) in [5, 5.41) is 3.43. The maximum Gasteiger partial charge on any atom is 0.222 e. The van der Waals surface area contributed by atoms with E-state index in [1.54, 1.807) is 0 Å². The molecule has 3 heteroatoms. The Kier molecular flexibility index (Phi) is 5.64. The van der Waals surface area contributed by atoms with E-state index >= 15 is 0 Å². The number of amides is 1. The largest absolute Gasteiger partial charge is 0.345 e. The number of piperidine rings is 1. The highest BCUT2D eigenvalue weighted by molar-refractivity contribution is 5.76. The quantitative estimate of drug-likeness (QED) is 0.836. The van der Waals surface area contributed by atoms with Gasteiger partial charge in [0.25, 0.3) is 0 Å². The van der Waals surface area contributed by atoms with E-state index in [4.69, 9.17) is 0 Å². The lowest BCUT2D eigenvalue weighted by molar-refractivity contribution is -0.132. The van der Waals surface area contributed by atoms with Gasteiger partial charge in [-0.05, 0) is 43.2 Å². The number of carbonyl (C=O) groups is 1. The van der Waals surface area contributed by atoms with Gasteiger partial charge in [0.05, 0.1) is 0 Å². The zero-order valence-corrected chi connectivity index (χ0v) is 12.8. The third-order valence-corrected chi connectivity index (χ3v) is 3.77. The lowest BCUT2D eigenvalue weighted by atomic mass is 9.85. The Balaban J connectivity index is 2.38. The van der Waals surface area contributed by atoms with E-state index in [2.05, 4.69) is 33.0 Å². The highest BCUT2D eigenvalue weighted by atomic mass is 16.2. The van der Waals surface area contributed by atoms with Crippen molar-refractivity contribution in [3.8, 4) is 0 Å². The molecule has 0 radical (unpaired) electrons. The molecule has 1 saturated heterocycles. The summed E-state index contributed by atoms with van der Waals surface area (Å²) < 4.78 is 0. The molecular formula is C15H30N2O. The van der Waals surface area contributed by atoms with Crippen molar-refractivity contribution >= 4 is 5.91 Å². The maximum atomic E-state index is 12.2. The number of hydrogen-bond acceptors (Lipinski definition) is 2. The molecule has 106 valence electrons. The van der Waals surface area contributed by atoms with Gasteiger partial charge < -0.3 is 10.2 Å². The van der Waals surface area contributed by atoms with Crippen molar-refractivity contribution in [2.75, 3.05) is 26.7 Å². The molecule has 1 rings (SSSR count). The Morgan fingerprint density at radius 3 is 2.61 bits per heavy atom. The van der Waals surface area contributed by atoms with Gasteiger partial charge in [-0.15, -0.1) is 0 Å². The molecule has 1 fully saturated rings. The van der Waals surface area contributed by atoms with Crippen LogP contribution in [-0.2, 0) is 4.79 Å². The van der Waals surface area contributed by atoms with Gasteiger partial charge >= 0.3 is 0 Å². The van der Waals surface area contributed by atoms with Crippen molar-refractivity contribution in [1.29, 1.82) is 0 Å². The van der Waals surface area contributed by atoms with E-state index < -0.39 is 0 Å². The van der Waals surface area contributed by atoms with Crippen LogP contribution in [0.5, 0.6) is 0 Å². The topological polar surface area (TPSA) is 32.3 Å². The number of nitrogens with zero attached hydrogens (tertiary/aromatic N) is 1. The van der Waals surface area contributed by atoms with Crippen LogP contribution in [0.15, 0.2) is 0 Å². The summed E-state index contributed by atoms with van der Waals surface area (Å²) in [6.07, 6.45) is 3.21. The lowest BCUT2D eigenvalue weighted by Gasteiger charge is -2.31. The Hall–Kier alpha value is -0.570. The fraction of sp³-hybridized carbons (Fsp3) is 0.933. The van der Waals surface area contributed by atoms with Crippen molar-refractivity contribution in [2.24, 2.45) is 17.3 Å². The van der Waals surface area contributed by atoms with Crippen LogP contribution in [0.2, 0.25) is 0 Å². The molecule has 2 unspecified atom stereocenters. The van der Waals surface area contributed by atoms with Gasteiger partial charge in [0.2, 0.25) is 5.91 Å². The number of carbonyl (C=O) groups excluding carboxylic acids is 1. The first-order chi connectivity index (χ1) is 8.29. The van der Waals surface area contributed by atoms with Gasteiger partial charge in [-0.3, -0.25) is 4.79 Å². The molecule has 0 aliphatic carbocycles. The standard InChI is InChI=1S/C15H30N2O/c1-12(13-7-6-8-16-10-13)9-14(18)17(5)11-15(2,3)4/h12-13,16H,6-11H2,1-5H3. The van der Waals surface area contributed by atoms with Gasteiger partial charge in [0, 0.05) is 20.0 Å². The summed E-state index contributed by atoms with van der Waals surface area (Å²) in [5.74, 6) is 1.46. The normalized spacial score (nSPS) is 22.6. The molecule has 0 aromatic heterocycles. The number of hydrogen-bond donors (Lipinski definition) is 1. The minimum Gasteiger partial charge on any atom is -0.345 e. The highest BCUT2D eigenvalue weighted by Crippen LogP contribution is 2.23. The third kappa shape index (κ3) is 5.38. The number of nitrogens with one attached hydrogen (secondary N) is 1. The third-order valence-electron chi connectivity index (χ3n) is 3.77. The maximum absolute atomic E-state index is 12.2. The Morgan fingerprint density at radius 1 is 1.44 bits per heavy atom. The van der Waals surface area contributed by atoms with Crippen LogP contribution < -0.4 is 5.32 Å². The average molecular weight is 254 g/mol. The molecular weight excluding hydrogens is 224 g/mol. The summed E-state index contributed by atoms with van der Waals surface area (Å²) in [6, 6.07) is 0. The molecule has 2 atom stereocenters. The molecule has 1 amide bonds. The van der Waals surface area contributed by atoms with E-state index in [0.717, 1.165) is 19.6 Å². The van der Waals surface area contributed by atoms with Crippen LogP contribution in [0, 0.1) is 17.3 Å². The summed E-state index contributed by atoms with van der Waals surface area (Å²) in [7, 11) is 1.93. The predicted octanol–water partition coefficient (Wildman–Crippen LogP) is 2.52. The zero-order chi connectivity index (χ0) is 13.8. The van der Waals surface area contributed by atoms with Crippen molar-refractivity contribution in [1.82, 2.24) is 10.2 Å². The minimum absolute atomic E-state index is 0.181. The van der Waals surface area contributed by atoms with Gasteiger partial charge in [-0.2, -0.15) is 0 Å². The molecule has 1 N–H and O–H groups in total. The van der Waals surface area contributed by atoms with E-state index in [1.807, 2.05) is 11.9 Å². The van der Waals surface area contributed by atoms with E-state index in [9.17, 15) is 4.79 Å². The molecule has 1 aliphatic heterocycles. The molecule has 0 aromatic carbocycles. The SMILES string of the molecule is CC(CC(=O)N(C)CC(C)(C)C)C1CCCNC1. The van der Waals surface area contributed by atoms with Crippen molar-refractivity contribution < 1.29 is 4.79 Å². The second-order valence-electron chi connectivity index (χ2n) is 7.10. The second-order valence-corrected chi connectivity index (χ2v) is 7.10. The van der Waals surface area contributed by atoms with Crippen molar-refractivity contribution in [3.63, 3.8) is 0 Å². The van der Waals surface area contributed by atoms with Crippen LogP contribution in [-0.4, -0.2) is 37.5 Å². The number of rotatable bonds is 4. The summed E-state index contributed by atoms with van der Waals surface area (Å²) in [6.45, 7) is 11.8. The fourth-order valence-corrected chi connectivity index (χ4v) is 2.76. The second kappa shape index (κ2) is 6.55. The summed E-state index contributed by atoms with van der Waals surface area (Å²) in [4.78, 5) is 14.1. The molecule has 18 heavy (non-hydrogen) atoms. The minimum atomic E-state index is 0.181.